The van der Waals surface area contributed by atoms with Gasteiger partial charge >= 0.3 is 0 Å². The Morgan fingerprint density at radius 1 is 1.21 bits per heavy atom. The molecule has 0 spiro atoms. The number of anilines is 1. The minimum Gasteiger partial charge on any atom is -0.494 e. The fourth-order valence-corrected chi connectivity index (χ4v) is 4.28. The molecule has 1 fully saturated rings. The second-order valence-electron chi connectivity index (χ2n) is 8.40. The molecule has 1 aromatic carbocycles. The monoisotopic (exact) mass is 565 g/mol. The van der Waals surface area contributed by atoms with Crippen LogP contribution in [0.25, 0.3) is 0 Å². The van der Waals surface area contributed by atoms with Gasteiger partial charge in [-0.15, -0.1) is 24.0 Å². The molecule has 1 atom stereocenters. The van der Waals surface area contributed by atoms with Crippen molar-refractivity contribution >= 4 is 35.8 Å². The van der Waals surface area contributed by atoms with E-state index in [2.05, 4.69) is 52.6 Å². The fraction of sp³-hybridized carbons (Fsp3) is 0.520. The molecule has 0 saturated carbocycles. The highest BCUT2D eigenvalue weighted by Crippen LogP contribution is 2.35. The quantitative estimate of drug-likeness (QED) is 0.283. The SMILES string of the molecule is CCNC(=NCc1ccnc(N2CCCC2)c1)NCc1cc2c(cc1OCC)CC(C)O2.I. The van der Waals surface area contributed by atoms with Gasteiger partial charge in [0.05, 0.1) is 13.2 Å². The van der Waals surface area contributed by atoms with Crippen molar-refractivity contribution in [3.05, 3.63) is 47.2 Å². The Bertz CT molecular complexity index is 946. The summed E-state index contributed by atoms with van der Waals surface area (Å²) in [6, 6.07) is 8.43. The maximum Gasteiger partial charge on any atom is 0.191 e. The molecule has 3 heterocycles. The van der Waals surface area contributed by atoms with Gasteiger partial charge in [-0.3, -0.25) is 0 Å². The normalized spacial score (nSPS) is 17.2. The number of hydrogen-bond acceptors (Lipinski definition) is 5. The molecule has 33 heavy (non-hydrogen) atoms. The summed E-state index contributed by atoms with van der Waals surface area (Å²) in [5.74, 6) is 3.72. The number of aliphatic imine (C=N–C) groups is 1. The summed E-state index contributed by atoms with van der Waals surface area (Å²) in [6.07, 6.45) is 5.52. The Morgan fingerprint density at radius 3 is 2.79 bits per heavy atom. The van der Waals surface area contributed by atoms with Crippen LogP contribution in [0.1, 0.15) is 50.3 Å². The first-order chi connectivity index (χ1) is 15.7. The summed E-state index contributed by atoms with van der Waals surface area (Å²) in [5.41, 5.74) is 3.45. The van der Waals surface area contributed by atoms with Crippen molar-refractivity contribution in [2.75, 3.05) is 31.1 Å². The molecule has 0 aliphatic carbocycles. The van der Waals surface area contributed by atoms with Crippen LogP contribution < -0.4 is 25.0 Å². The Morgan fingerprint density at radius 2 is 2.03 bits per heavy atom. The van der Waals surface area contributed by atoms with E-state index in [0.717, 1.165) is 60.5 Å². The van der Waals surface area contributed by atoms with E-state index in [1.54, 1.807) is 0 Å². The van der Waals surface area contributed by atoms with Crippen LogP contribution in [-0.2, 0) is 19.5 Å². The van der Waals surface area contributed by atoms with Crippen LogP contribution >= 0.6 is 24.0 Å². The zero-order valence-corrected chi connectivity index (χ0v) is 22.2. The molecule has 2 N–H and O–H groups in total. The van der Waals surface area contributed by atoms with Gasteiger partial charge in [-0.05, 0) is 63.4 Å². The third-order valence-corrected chi connectivity index (χ3v) is 5.83. The molecular formula is C25H36IN5O2. The molecule has 4 rings (SSSR count). The van der Waals surface area contributed by atoms with Gasteiger partial charge in [-0.2, -0.15) is 0 Å². The maximum absolute atomic E-state index is 5.95. The zero-order valence-electron chi connectivity index (χ0n) is 19.9. The van der Waals surface area contributed by atoms with Crippen LogP contribution in [0.3, 0.4) is 0 Å². The minimum absolute atomic E-state index is 0. The first kappa shape index (κ1) is 25.4. The summed E-state index contributed by atoms with van der Waals surface area (Å²) in [6.45, 7) is 11.0. The van der Waals surface area contributed by atoms with Crippen molar-refractivity contribution < 1.29 is 9.47 Å². The highest BCUT2D eigenvalue weighted by Gasteiger charge is 2.22. The van der Waals surface area contributed by atoms with Gasteiger partial charge in [-0.1, -0.05) is 0 Å². The topological polar surface area (TPSA) is 71.0 Å². The Hall–Kier alpha value is -2.23. The third kappa shape index (κ3) is 6.65. The van der Waals surface area contributed by atoms with E-state index in [9.17, 15) is 0 Å². The molecule has 2 aliphatic heterocycles. The minimum atomic E-state index is 0. The lowest BCUT2D eigenvalue weighted by Crippen LogP contribution is -2.36. The number of ether oxygens (including phenoxy) is 2. The number of rotatable bonds is 8. The van der Waals surface area contributed by atoms with Crippen LogP contribution in [0.5, 0.6) is 11.5 Å². The molecule has 0 radical (unpaired) electrons. The van der Waals surface area contributed by atoms with E-state index in [1.165, 1.54) is 18.4 Å². The lowest BCUT2D eigenvalue weighted by atomic mass is 10.1. The van der Waals surface area contributed by atoms with Gasteiger partial charge in [0.25, 0.3) is 0 Å². The molecule has 1 aromatic heterocycles. The number of nitrogens with one attached hydrogen (secondary N) is 2. The zero-order chi connectivity index (χ0) is 22.3. The number of fused-ring (bicyclic) bond motifs is 1. The van der Waals surface area contributed by atoms with E-state index < -0.39 is 0 Å². The average Bonchev–Trinajstić information content (AvgIpc) is 3.45. The van der Waals surface area contributed by atoms with Gasteiger partial charge in [0.2, 0.25) is 0 Å². The maximum atomic E-state index is 5.95. The fourth-order valence-electron chi connectivity index (χ4n) is 4.28. The van der Waals surface area contributed by atoms with Gasteiger partial charge in [-0.25, -0.2) is 9.98 Å². The molecule has 8 heteroatoms. The molecule has 0 amide bonds. The summed E-state index contributed by atoms with van der Waals surface area (Å²) in [7, 11) is 0. The van der Waals surface area contributed by atoms with Crippen molar-refractivity contribution in [3.8, 4) is 11.5 Å². The van der Waals surface area contributed by atoms with Crippen molar-refractivity contribution in [2.45, 2.75) is 59.2 Å². The molecule has 1 saturated heterocycles. The first-order valence-electron chi connectivity index (χ1n) is 11.8. The van der Waals surface area contributed by atoms with Crippen molar-refractivity contribution in [1.29, 1.82) is 0 Å². The van der Waals surface area contributed by atoms with Gasteiger partial charge in [0, 0.05) is 49.9 Å². The Balaban J connectivity index is 0.00000306. The largest absolute Gasteiger partial charge is 0.494 e. The highest BCUT2D eigenvalue weighted by molar-refractivity contribution is 14.0. The number of benzene rings is 1. The van der Waals surface area contributed by atoms with Crippen LogP contribution in [0.2, 0.25) is 0 Å². The van der Waals surface area contributed by atoms with E-state index >= 15 is 0 Å². The van der Waals surface area contributed by atoms with E-state index in [0.29, 0.717) is 19.7 Å². The summed E-state index contributed by atoms with van der Waals surface area (Å²) >= 11 is 0. The third-order valence-electron chi connectivity index (χ3n) is 5.83. The molecule has 2 aromatic rings. The van der Waals surface area contributed by atoms with Gasteiger partial charge in [0.15, 0.2) is 5.96 Å². The number of guanidine groups is 1. The van der Waals surface area contributed by atoms with Crippen LogP contribution in [0.4, 0.5) is 5.82 Å². The predicted molar refractivity (Wildman–Crippen MR) is 144 cm³/mol. The highest BCUT2D eigenvalue weighted by atomic mass is 127. The number of aromatic nitrogens is 1. The van der Waals surface area contributed by atoms with Gasteiger partial charge in [0.1, 0.15) is 23.4 Å². The number of nitrogens with zero attached hydrogens (tertiary/aromatic N) is 3. The lowest BCUT2D eigenvalue weighted by molar-refractivity contribution is 0.254. The second kappa shape index (κ2) is 12.3. The average molecular weight is 566 g/mol. The number of halogens is 1. The van der Waals surface area contributed by atoms with Crippen molar-refractivity contribution in [2.24, 2.45) is 4.99 Å². The van der Waals surface area contributed by atoms with Gasteiger partial charge < -0.3 is 25.0 Å². The molecule has 1 unspecified atom stereocenters. The van der Waals surface area contributed by atoms with E-state index in [4.69, 9.17) is 14.5 Å². The summed E-state index contributed by atoms with van der Waals surface area (Å²) in [4.78, 5) is 11.7. The number of pyridine rings is 1. The molecule has 0 bridgehead atoms. The van der Waals surface area contributed by atoms with E-state index in [1.807, 2.05) is 19.2 Å². The molecular weight excluding hydrogens is 529 g/mol. The predicted octanol–water partition coefficient (Wildman–Crippen LogP) is 4.28. The van der Waals surface area contributed by atoms with E-state index in [-0.39, 0.29) is 30.1 Å². The van der Waals surface area contributed by atoms with Crippen LogP contribution in [-0.4, -0.2) is 43.3 Å². The summed E-state index contributed by atoms with van der Waals surface area (Å²) in [5, 5.41) is 6.80. The number of hydrogen-bond donors (Lipinski definition) is 2. The first-order valence-corrected chi connectivity index (χ1v) is 11.8. The second-order valence-corrected chi connectivity index (χ2v) is 8.40. The molecule has 2 aliphatic rings. The lowest BCUT2D eigenvalue weighted by Gasteiger charge is -2.17. The Labute approximate surface area is 214 Å². The van der Waals surface area contributed by atoms with Crippen molar-refractivity contribution in [1.82, 2.24) is 15.6 Å². The standard InChI is InChI=1S/C25H35N5O2.HI/c1-4-26-25(28-16-19-8-9-27-24(13-19)30-10-6-7-11-30)29-17-21-15-23-20(12-18(3)32-23)14-22(21)31-5-2;/h8-9,13-15,18H,4-7,10-12,16-17H2,1-3H3,(H2,26,28,29);1H. The molecule has 180 valence electrons. The summed E-state index contributed by atoms with van der Waals surface area (Å²) < 4.78 is 11.9. The van der Waals surface area contributed by atoms with Crippen molar-refractivity contribution in [3.63, 3.8) is 0 Å². The smallest absolute Gasteiger partial charge is 0.191 e. The van der Waals surface area contributed by atoms with Crippen LogP contribution in [0.15, 0.2) is 35.5 Å². The van der Waals surface area contributed by atoms with Crippen LogP contribution in [0, 0.1) is 0 Å². The Kier molecular flexibility index (Phi) is 9.46. The molecule has 7 nitrogen and oxygen atoms in total.